The van der Waals surface area contributed by atoms with Gasteiger partial charge in [-0.2, -0.15) is 0 Å². The fourth-order valence-corrected chi connectivity index (χ4v) is 1.27. The Morgan fingerprint density at radius 2 is 1.75 bits per heavy atom. The van der Waals surface area contributed by atoms with Gasteiger partial charge in [0.15, 0.2) is 0 Å². The van der Waals surface area contributed by atoms with Crippen LogP contribution >= 0.6 is 0 Å². The first-order chi connectivity index (χ1) is 5.63. The average molecular weight is 159 g/mol. The topological polar surface area (TPSA) is 0 Å². The molecule has 0 aliphatic heterocycles. The monoisotopic (exact) mass is 159 g/mol. The molecule has 0 amide bonds. The van der Waals surface area contributed by atoms with Crippen LogP contribution in [0, 0.1) is 6.07 Å². The van der Waals surface area contributed by atoms with E-state index in [0.29, 0.717) is 0 Å². The van der Waals surface area contributed by atoms with Crippen LogP contribution < -0.4 is 10.4 Å². The first kappa shape index (κ1) is 9.05. The standard InChI is InChI=1S/C12H15/c1-9(2)11-7-5-6-8-12(11)10(3)4/h5-7H,1-4H3. The maximum Gasteiger partial charge on any atom is -0.00999 e. The molecule has 0 aromatic heterocycles. The Kier molecular flexibility index (Phi) is 2.69. The van der Waals surface area contributed by atoms with Gasteiger partial charge in [-0.25, -0.2) is 0 Å². The lowest BCUT2D eigenvalue weighted by atomic mass is 10.1. The fraction of sp³-hybridized carbons (Fsp3) is 0.333. The van der Waals surface area contributed by atoms with E-state index in [1.54, 1.807) is 0 Å². The Labute approximate surface area is 74.2 Å². The van der Waals surface area contributed by atoms with Gasteiger partial charge >= 0.3 is 0 Å². The molecule has 1 aromatic rings. The van der Waals surface area contributed by atoms with Crippen LogP contribution in [0.5, 0.6) is 0 Å². The Bertz CT molecular complexity index is 336. The summed E-state index contributed by atoms with van der Waals surface area (Å²) in [6.45, 7) is 8.52. The second kappa shape index (κ2) is 3.57. The van der Waals surface area contributed by atoms with Crippen molar-refractivity contribution in [1.82, 2.24) is 0 Å². The van der Waals surface area contributed by atoms with Gasteiger partial charge in [0.05, 0.1) is 0 Å². The highest BCUT2D eigenvalue weighted by atomic mass is 13.9. The molecular weight excluding hydrogens is 144 g/mol. The summed E-state index contributed by atoms with van der Waals surface area (Å²) < 4.78 is 0. The zero-order valence-electron chi connectivity index (χ0n) is 8.23. The van der Waals surface area contributed by atoms with Gasteiger partial charge in [-0.15, -0.1) is 0 Å². The summed E-state index contributed by atoms with van der Waals surface area (Å²) in [7, 11) is 0. The second-order valence-corrected chi connectivity index (χ2v) is 3.46. The molecule has 0 fully saturated rings. The Morgan fingerprint density at radius 1 is 1.08 bits per heavy atom. The van der Waals surface area contributed by atoms with Crippen molar-refractivity contribution in [3.63, 3.8) is 0 Å². The van der Waals surface area contributed by atoms with Crippen molar-refractivity contribution >= 4 is 11.1 Å². The first-order valence-corrected chi connectivity index (χ1v) is 4.24. The highest BCUT2D eigenvalue weighted by molar-refractivity contribution is 5.45. The molecule has 0 heteroatoms. The molecule has 0 unspecified atom stereocenters. The Hall–Kier alpha value is -1.04. The molecule has 0 heterocycles. The number of hydrogen-bond acceptors (Lipinski definition) is 0. The molecule has 0 aliphatic carbocycles. The third-order valence-electron chi connectivity index (χ3n) is 1.89. The molecule has 1 aromatic carbocycles. The quantitative estimate of drug-likeness (QED) is 0.542. The molecule has 0 bridgehead atoms. The molecular formula is C12H15. The highest BCUT2D eigenvalue weighted by Gasteiger charge is 1.88. The zero-order valence-corrected chi connectivity index (χ0v) is 8.23. The zero-order chi connectivity index (χ0) is 9.14. The summed E-state index contributed by atoms with van der Waals surface area (Å²) in [5, 5.41) is 2.56. The van der Waals surface area contributed by atoms with E-state index in [1.165, 1.54) is 21.6 Å². The molecule has 63 valence electrons. The fourth-order valence-electron chi connectivity index (χ4n) is 1.27. The second-order valence-electron chi connectivity index (χ2n) is 3.46. The van der Waals surface area contributed by atoms with Crippen LogP contribution in [0.3, 0.4) is 0 Å². The van der Waals surface area contributed by atoms with E-state index in [1.807, 2.05) is 12.1 Å². The van der Waals surface area contributed by atoms with Crippen molar-refractivity contribution in [3.8, 4) is 0 Å². The van der Waals surface area contributed by atoms with E-state index in [4.69, 9.17) is 0 Å². The largest absolute Gasteiger partial charge is 0.0686 e. The van der Waals surface area contributed by atoms with Gasteiger partial charge in [0.2, 0.25) is 0 Å². The maximum absolute atomic E-state index is 3.26. The van der Waals surface area contributed by atoms with Crippen molar-refractivity contribution in [2.45, 2.75) is 27.7 Å². The van der Waals surface area contributed by atoms with Gasteiger partial charge in [0.25, 0.3) is 0 Å². The predicted octanol–water partition coefficient (Wildman–Crippen LogP) is 1.87. The molecule has 0 nitrogen and oxygen atoms in total. The van der Waals surface area contributed by atoms with Gasteiger partial charge in [-0.1, -0.05) is 29.3 Å². The first-order valence-electron chi connectivity index (χ1n) is 4.24. The number of hydrogen-bond donors (Lipinski definition) is 0. The van der Waals surface area contributed by atoms with Crippen LogP contribution in [0.2, 0.25) is 0 Å². The predicted molar refractivity (Wildman–Crippen MR) is 54.0 cm³/mol. The van der Waals surface area contributed by atoms with Crippen LogP contribution in [0.25, 0.3) is 11.1 Å². The molecule has 12 heavy (non-hydrogen) atoms. The molecule has 0 atom stereocenters. The molecule has 0 saturated heterocycles. The van der Waals surface area contributed by atoms with E-state index in [-0.39, 0.29) is 0 Å². The van der Waals surface area contributed by atoms with E-state index >= 15 is 0 Å². The van der Waals surface area contributed by atoms with Gasteiger partial charge < -0.3 is 0 Å². The summed E-state index contributed by atoms with van der Waals surface area (Å²) in [4.78, 5) is 0. The molecule has 0 spiro atoms. The lowest BCUT2D eigenvalue weighted by Gasteiger charge is -1.95. The highest BCUT2D eigenvalue weighted by Crippen LogP contribution is 1.86. The minimum absolute atomic E-state index is 1.25. The minimum atomic E-state index is 1.25. The van der Waals surface area contributed by atoms with Crippen LogP contribution in [0.4, 0.5) is 0 Å². The molecule has 1 radical (unpaired) electrons. The normalized spacial score (nSPS) is 9.67. The summed E-state index contributed by atoms with van der Waals surface area (Å²) in [5.74, 6) is 0. The van der Waals surface area contributed by atoms with E-state index in [0.717, 1.165) is 0 Å². The van der Waals surface area contributed by atoms with Gasteiger partial charge in [-0.05, 0) is 44.2 Å². The van der Waals surface area contributed by atoms with Gasteiger partial charge in [0.1, 0.15) is 0 Å². The van der Waals surface area contributed by atoms with Crippen molar-refractivity contribution in [2.24, 2.45) is 0 Å². The van der Waals surface area contributed by atoms with Gasteiger partial charge in [0, 0.05) is 0 Å². The van der Waals surface area contributed by atoms with E-state index < -0.39 is 0 Å². The Morgan fingerprint density at radius 3 is 2.17 bits per heavy atom. The summed E-state index contributed by atoms with van der Waals surface area (Å²) in [5.41, 5.74) is 2.68. The van der Waals surface area contributed by atoms with Crippen LogP contribution in [-0.4, -0.2) is 0 Å². The lowest BCUT2D eigenvalue weighted by Crippen LogP contribution is -2.27. The SMILES string of the molecule is CC(C)=c1[c]cccc1=C(C)C. The molecule has 0 N–H and O–H groups in total. The molecule has 0 saturated carbocycles. The third-order valence-corrected chi connectivity index (χ3v) is 1.89. The summed E-state index contributed by atoms with van der Waals surface area (Å²) >= 11 is 0. The molecule has 1 rings (SSSR count). The average Bonchev–Trinajstić information content (AvgIpc) is 2.04. The molecule has 0 aliphatic rings. The van der Waals surface area contributed by atoms with Crippen molar-refractivity contribution in [3.05, 3.63) is 34.7 Å². The maximum atomic E-state index is 3.26. The van der Waals surface area contributed by atoms with Crippen molar-refractivity contribution in [1.29, 1.82) is 0 Å². The Balaban J connectivity index is 3.75. The third kappa shape index (κ3) is 1.76. The van der Waals surface area contributed by atoms with Crippen LogP contribution in [0.1, 0.15) is 27.7 Å². The lowest BCUT2D eigenvalue weighted by molar-refractivity contribution is 1.38. The van der Waals surface area contributed by atoms with Crippen LogP contribution in [0.15, 0.2) is 18.2 Å². The van der Waals surface area contributed by atoms with E-state index in [2.05, 4.69) is 39.8 Å². The van der Waals surface area contributed by atoms with Gasteiger partial charge in [-0.3, -0.25) is 0 Å². The van der Waals surface area contributed by atoms with Crippen molar-refractivity contribution < 1.29 is 0 Å². The number of benzene rings is 1. The smallest absolute Gasteiger partial charge is 0.00999 e. The summed E-state index contributed by atoms with van der Waals surface area (Å²) in [6, 6.07) is 9.41. The minimum Gasteiger partial charge on any atom is -0.0686 e. The van der Waals surface area contributed by atoms with E-state index in [9.17, 15) is 0 Å². The number of rotatable bonds is 0. The summed E-state index contributed by atoms with van der Waals surface area (Å²) in [6.07, 6.45) is 0. The van der Waals surface area contributed by atoms with Crippen LogP contribution in [-0.2, 0) is 0 Å². The van der Waals surface area contributed by atoms with Crippen molar-refractivity contribution in [2.75, 3.05) is 0 Å².